The fourth-order valence-electron chi connectivity index (χ4n) is 3.86. The number of carbonyl (C=O) groups is 1. The van der Waals surface area contributed by atoms with Crippen LogP contribution in [0.3, 0.4) is 0 Å². The molecule has 0 saturated carbocycles. The van der Waals surface area contributed by atoms with E-state index in [4.69, 9.17) is 10.5 Å². The molecule has 4 heteroatoms. The summed E-state index contributed by atoms with van der Waals surface area (Å²) in [5.74, 6) is 0.514. The molecular formula is C28H42N2O2. The van der Waals surface area contributed by atoms with Crippen molar-refractivity contribution in [2.24, 2.45) is 5.73 Å². The van der Waals surface area contributed by atoms with E-state index in [2.05, 4.69) is 18.3 Å². The van der Waals surface area contributed by atoms with Gasteiger partial charge in [0.1, 0.15) is 5.75 Å². The van der Waals surface area contributed by atoms with E-state index in [1.807, 2.05) is 42.5 Å². The first-order valence-corrected chi connectivity index (χ1v) is 12.6. The van der Waals surface area contributed by atoms with Crippen molar-refractivity contribution in [3.05, 3.63) is 59.7 Å². The van der Waals surface area contributed by atoms with E-state index in [-0.39, 0.29) is 5.91 Å². The highest BCUT2D eigenvalue weighted by atomic mass is 16.5. The Kier molecular flexibility index (Phi) is 13.2. The van der Waals surface area contributed by atoms with Gasteiger partial charge in [0.05, 0.1) is 12.2 Å². The van der Waals surface area contributed by atoms with E-state index >= 15 is 0 Å². The normalized spacial score (nSPS) is 10.8. The highest BCUT2D eigenvalue weighted by Crippen LogP contribution is 2.21. The third-order valence-electron chi connectivity index (χ3n) is 5.74. The quantitative estimate of drug-likeness (QED) is 0.258. The van der Waals surface area contributed by atoms with Crippen molar-refractivity contribution in [2.45, 2.75) is 84.0 Å². The maximum atomic E-state index is 12.9. The molecule has 0 bridgehead atoms. The van der Waals surface area contributed by atoms with Gasteiger partial charge in [-0.15, -0.1) is 0 Å². The van der Waals surface area contributed by atoms with E-state index in [1.54, 1.807) is 0 Å². The van der Waals surface area contributed by atoms with Crippen molar-refractivity contribution in [1.82, 2.24) is 0 Å². The Balaban J connectivity index is 1.72. The molecule has 0 aromatic heterocycles. The Bertz CT molecular complexity index is 776. The second-order valence-electron chi connectivity index (χ2n) is 8.57. The number of para-hydroxylation sites is 1. The third kappa shape index (κ3) is 10.3. The summed E-state index contributed by atoms with van der Waals surface area (Å²) in [5.41, 5.74) is 8.16. The molecule has 0 unspecified atom stereocenters. The van der Waals surface area contributed by atoms with Crippen molar-refractivity contribution in [3.63, 3.8) is 0 Å². The first kappa shape index (κ1) is 25.9. The molecule has 0 heterocycles. The molecule has 0 aliphatic rings. The van der Waals surface area contributed by atoms with Gasteiger partial charge < -0.3 is 15.8 Å². The molecule has 0 fully saturated rings. The number of rotatable bonds is 17. The lowest BCUT2D eigenvalue weighted by atomic mass is 10.1. The van der Waals surface area contributed by atoms with Gasteiger partial charge in [0.25, 0.3) is 5.91 Å². The summed E-state index contributed by atoms with van der Waals surface area (Å²) in [6.07, 6.45) is 14.8. The molecule has 2 aromatic rings. The monoisotopic (exact) mass is 438 g/mol. The smallest absolute Gasteiger partial charge is 0.259 e. The molecule has 0 aliphatic carbocycles. The Morgan fingerprint density at radius 3 is 2.25 bits per heavy atom. The van der Waals surface area contributed by atoms with Crippen LogP contribution in [-0.2, 0) is 6.42 Å². The first-order valence-electron chi connectivity index (χ1n) is 12.6. The lowest BCUT2D eigenvalue weighted by molar-refractivity contribution is 0.102. The van der Waals surface area contributed by atoms with Gasteiger partial charge >= 0.3 is 0 Å². The molecule has 0 aliphatic heterocycles. The molecular weight excluding hydrogens is 396 g/mol. The fourth-order valence-corrected chi connectivity index (χ4v) is 3.86. The van der Waals surface area contributed by atoms with Crippen LogP contribution in [0.1, 0.15) is 93.5 Å². The number of aryl methyl sites for hydroxylation is 1. The SMILES string of the molecule is CCCCCCCCCCCCOc1ccccc1C(=O)Nc1cccc(CCCN)c1. The Morgan fingerprint density at radius 2 is 1.53 bits per heavy atom. The van der Waals surface area contributed by atoms with Crippen LogP contribution in [0.4, 0.5) is 5.69 Å². The second-order valence-corrected chi connectivity index (χ2v) is 8.57. The molecule has 2 rings (SSSR count). The number of ether oxygens (including phenoxy) is 1. The van der Waals surface area contributed by atoms with E-state index in [1.165, 1.54) is 63.4 Å². The van der Waals surface area contributed by atoms with E-state index in [9.17, 15) is 4.79 Å². The lowest BCUT2D eigenvalue weighted by Crippen LogP contribution is -2.14. The summed E-state index contributed by atoms with van der Waals surface area (Å²) in [6.45, 7) is 3.58. The molecule has 4 nitrogen and oxygen atoms in total. The average molecular weight is 439 g/mol. The number of carbonyl (C=O) groups excluding carboxylic acids is 1. The number of hydrogen-bond acceptors (Lipinski definition) is 3. The van der Waals surface area contributed by atoms with Crippen molar-refractivity contribution in [2.75, 3.05) is 18.5 Å². The third-order valence-corrected chi connectivity index (χ3v) is 5.74. The molecule has 0 spiro atoms. The van der Waals surface area contributed by atoms with Gasteiger partial charge in [-0.25, -0.2) is 0 Å². The van der Waals surface area contributed by atoms with Crippen molar-refractivity contribution in [3.8, 4) is 5.75 Å². The summed E-state index contributed by atoms with van der Waals surface area (Å²) < 4.78 is 5.97. The summed E-state index contributed by atoms with van der Waals surface area (Å²) >= 11 is 0. The number of unbranched alkanes of at least 4 members (excludes halogenated alkanes) is 9. The topological polar surface area (TPSA) is 64.3 Å². The van der Waals surface area contributed by atoms with Gasteiger partial charge in [-0.1, -0.05) is 89.0 Å². The number of nitrogens with two attached hydrogens (primary N) is 1. The van der Waals surface area contributed by atoms with Crippen LogP contribution in [0.2, 0.25) is 0 Å². The number of amides is 1. The van der Waals surface area contributed by atoms with Crippen LogP contribution >= 0.6 is 0 Å². The first-order chi connectivity index (χ1) is 15.7. The largest absolute Gasteiger partial charge is 0.493 e. The molecule has 0 saturated heterocycles. The number of benzene rings is 2. The molecule has 0 radical (unpaired) electrons. The standard InChI is InChI=1S/C28H42N2O2/c1-2-3-4-5-6-7-8-9-10-13-22-32-27-20-12-11-19-26(27)28(31)30-25-18-14-16-24(23-25)17-15-21-29/h11-12,14,16,18-20,23H,2-10,13,15,17,21-22,29H2,1H3,(H,30,31). The van der Waals surface area contributed by atoms with Crippen LogP contribution in [0.5, 0.6) is 5.75 Å². The van der Waals surface area contributed by atoms with Crippen LogP contribution in [-0.4, -0.2) is 19.1 Å². The molecule has 2 aromatic carbocycles. The second kappa shape index (κ2) is 16.3. The van der Waals surface area contributed by atoms with Gasteiger partial charge in [-0.3, -0.25) is 4.79 Å². The Morgan fingerprint density at radius 1 is 0.844 bits per heavy atom. The number of anilines is 1. The van der Waals surface area contributed by atoms with Crippen molar-refractivity contribution in [1.29, 1.82) is 0 Å². The summed E-state index contributed by atoms with van der Waals surface area (Å²) in [5, 5.41) is 3.01. The number of hydrogen-bond donors (Lipinski definition) is 2. The Labute approximate surface area is 194 Å². The van der Waals surface area contributed by atoms with Gasteiger partial charge in [-0.05, 0) is 55.6 Å². The minimum atomic E-state index is -0.139. The van der Waals surface area contributed by atoms with E-state index in [0.717, 1.165) is 24.9 Å². The minimum Gasteiger partial charge on any atom is -0.493 e. The highest BCUT2D eigenvalue weighted by Gasteiger charge is 2.12. The zero-order valence-electron chi connectivity index (χ0n) is 19.9. The molecule has 3 N–H and O–H groups in total. The molecule has 32 heavy (non-hydrogen) atoms. The van der Waals surface area contributed by atoms with E-state index < -0.39 is 0 Å². The van der Waals surface area contributed by atoms with Gasteiger partial charge in [0.2, 0.25) is 0 Å². The van der Waals surface area contributed by atoms with Gasteiger partial charge in [0, 0.05) is 5.69 Å². The maximum Gasteiger partial charge on any atom is 0.259 e. The zero-order valence-corrected chi connectivity index (χ0v) is 19.9. The molecule has 0 atom stereocenters. The van der Waals surface area contributed by atoms with E-state index in [0.29, 0.717) is 24.5 Å². The maximum absolute atomic E-state index is 12.9. The van der Waals surface area contributed by atoms with Gasteiger partial charge in [0.15, 0.2) is 0 Å². The van der Waals surface area contributed by atoms with Crippen LogP contribution in [0.15, 0.2) is 48.5 Å². The van der Waals surface area contributed by atoms with Crippen LogP contribution < -0.4 is 15.8 Å². The highest BCUT2D eigenvalue weighted by molar-refractivity contribution is 6.06. The van der Waals surface area contributed by atoms with Crippen LogP contribution in [0.25, 0.3) is 0 Å². The molecule has 1 amide bonds. The summed E-state index contributed by atoms with van der Waals surface area (Å²) in [7, 11) is 0. The number of nitrogens with one attached hydrogen (secondary N) is 1. The van der Waals surface area contributed by atoms with Crippen LogP contribution in [0, 0.1) is 0 Å². The van der Waals surface area contributed by atoms with Gasteiger partial charge in [-0.2, -0.15) is 0 Å². The summed E-state index contributed by atoms with van der Waals surface area (Å²) in [6, 6.07) is 15.4. The molecule has 176 valence electrons. The van der Waals surface area contributed by atoms with Crippen molar-refractivity contribution < 1.29 is 9.53 Å². The average Bonchev–Trinajstić information content (AvgIpc) is 2.81. The zero-order chi connectivity index (χ0) is 22.9. The predicted molar refractivity (Wildman–Crippen MR) is 136 cm³/mol. The predicted octanol–water partition coefficient (Wildman–Crippen LogP) is 7.13. The summed E-state index contributed by atoms with van der Waals surface area (Å²) in [4.78, 5) is 12.9. The minimum absolute atomic E-state index is 0.139. The fraction of sp³-hybridized carbons (Fsp3) is 0.536. The van der Waals surface area contributed by atoms with Crippen molar-refractivity contribution >= 4 is 11.6 Å². The lowest BCUT2D eigenvalue weighted by Gasteiger charge is -2.12. The Hall–Kier alpha value is -2.33.